The molecule has 1 aromatic heterocycles. The predicted molar refractivity (Wildman–Crippen MR) is 124 cm³/mol. The highest BCUT2D eigenvalue weighted by Gasteiger charge is 2.23. The molecule has 2 aromatic carbocycles. The van der Waals surface area contributed by atoms with Gasteiger partial charge in [-0.15, -0.1) is 6.42 Å². The number of benzene rings is 2. The minimum Gasteiger partial charge on any atom is -0.366 e. The number of piperidine rings is 1. The second kappa shape index (κ2) is 9.22. The lowest BCUT2D eigenvalue weighted by molar-refractivity contribution is -0.384. The van der Waals surface area contributed by atoms with Crippen LogP contribution in [0, 0.1) is 32.6 Å². The zero-order chi connectivity index (χ0) is 23.5. The molecule has 0 N–H and O–H groups in total. The molecule has 11 heteroatoms. The van der Waals surface area contributed by atoms with Gasteiger partial charge in [0.25, 0.3) is 17.3 Å². The van der Waals surface area contributed by atoms with Crippen molar-refractivity contribution in [3.05, 3.63) is 67.0 Å². The van der Waals surface area contributed by atoms with Crippen molar-refractivity contribution in [3.63, 3.8) is 0 Å². The Hall–Kier alpha value is -4.04. The maximum absolute atomic E-state index is 12.9. The SMILES string of the molecule is C#CCn1c(=NC(=O)c2ccc(N3CCCCC3)c([N+](=O)[O-])c2)sc2cc([N+](=O)[O-])ccc21. The Morgan fingerprint density at radius 1 is 1.09 bits per heavy atom. The second-order valence-electron chi connectivity index (χ2n) is 7.51. The van der Waals surface area contributed by atoms with E-state index in [-0.39, 0.29) is 28.3 Å². The molecule has 0 aliphatic carbocycles. The number of terminal acetylenes is 1. The number of hydrogen-bond donors (Lipinski definition) is 0. The van der Waals surface area contributed by atoms with Crippen LogP contribution in [0.4, 0.5) is 17.1 Å². The third kappa shape index (κ3) is 4.47. The van der Waals surface area contributed by atoms with E-state index in [4.69, 9.17) is 6.42 Å². The molecule has 3 aromatic rings. The van der Waals surface area contributed by atoms with Crippen molar-refractivity contribution in [2.24, 2.45) is 4.99 Å². The molecule has 1 amide bonds. The van der Waals surface area contributed by atoms with Gasteiger partial charge in [-0.1, -0.05) is 17.3 Å². The Kier molecular flexibility index (Phi) is 6.19. The fourth-order valence-electron chi connectivity index (χ4n) is 3.86. The van der Waals surface area contributed by atoms with Crippen LogP contribution in [0.15, 0.2) is 41.4 Å². The molecular weight excluding hydrogens is 446 g/mol. The van der Waals surface area contributed by atoms with Gasteiger partial charge in [0.15, 0.2) is 4.80 Å². The molecule has 168 valence electrons. The molecule has 0 saturated carbocycles. The number of nitro groups is 2. The predicted octanol–water partition coefficient (Wildman–Crippen LogP) is 3.88. The monoisotopic (exact) mass is 465 g/mol. The summed E-state index contributed by atoms with van der Waals surface area (Å²) in [7, 11) is 0. The van der Waals surface area contributed by atoms with Gasteiger partial charge in [-0.25, -0.2) is 0 Å². The van der Waals surface area contributed by atoms with Crippen LogP contribution in [0.5, 0.6) is 0 Å². The van der Waals surface area contributed by atoms with Crippen molar-refractivity contribution < 1.29 is 14.6 Å². The molecule has 0 unspecified atom stereocenters. The van der Waals surface area contributed by atoms with Gasteiger partial charge in [-0.2, -0.15) is 4.99 Å². The van der Waals surface area contributed by atoms with E-state index in [2.05, 4.69) is 10.9 Å². The van der Waals surface area contributed by atoms with Gasteiger partial charge in [0.2, 0.25) is 0 Å². The first kappa shape index (κ1) is 22.2. The van der Waals surface area contributed by atoms with Crippen LogP contribution in [-0.4, -0.2) is 33.4 Å². The fraction of sp³-hybridized carbons (Fsp3) is 0.273. The highest BCUT2D eigenvalue weighted by molar-refractivity contribution is 7.16. The van der Waals surface area contributed by atoms with Gasteiger partial charge in [0.1, 0.15) is 5.69 Å². The summed E-state index contributed by atoms with van der Waals surface area (Å²) in [6.45, 7) is 1.58. The van der Waals surface area contributed by atoms with Crippen molar-refractivity contribution in [1.82, 2.24) is 4.57 Å². The fourth-order valence-corrected chi connectivity index (χ4v) is 4.92. The summed E-state index contributed by atoms with van der Waals surface area (Å²) < 4.78 is 2.16. The summed E-state index contributed by atoms with van der Waals surface area (Å²) in [6, 6.07) is 8.69. The van der Waals surface area contributed by atoms with Crippen molar-refractivity contribution in [1.29, 1.82) is 0 Å². The number of carbonyl (C=O) groups is 1. The average molecular weight is 465 g/mol. The van der Waals surface area contributed by atoms with Crippen LogP contribution in [0.2, 0.25) is 0 Å². The highest BCUT2D eigenvalue weighted by atomic mass is 32.1. The van der Waals surface area contributed by atoms with E-state index >= 15 is 0 Å². The first-order valence-electron chi connectivity index (χ1n) is 10.2. The van der Waals surface area contributed by atoms with Gasteiger partial charge in [0.05, 0.1) is 26.6 Å². The summed E-state index contributed by atoms with van der Waals surface area (Å²) in [5.74, 6) is 1.83. The van der Waals surface area contributed by atoms with E-state index in [1.807, 2.05) is 4.90 Å². The quantitative estimate of drug-likeness (QED) is 0.320. The van der Waals surface area contributed by atoms with E-state index in [0.717, 1.165) is 43.7 Å². The molecule has 33 heavy (non-hydrogen) atoms. The summed E-state index contributed by atoms with van der Waals surface area (Å²) in [5, 5.41) is 22.8. The third-order valence-electron chi connectivity index (χ3n) is 5.44. The maximum Gasteiger partial charge on any atom is 0.293 e. The first-order valence-corrected chi connectivity index (χ1v) is 11.0. The van der Waals surface area contributed by atoms with Crippen molar-refractivity contribution in [3.8, 4) is 12.3 Å². The Bertz CT molecular complexity index is 1380. The van der Waals surface area contributed by atoms with Crippen molar-refractivity contribution >= 4 is 44.5 Å². The smallest absolute Gasteiger partial charge is 0.293 e. The molecule has 1 fully saturated rings. The summed E-state index contributed by atoms with van der Waals surface area (Å²) in [4.78, 5) is 41.1. The molecule has 0 spiro atoms. The van der Waals surface area contributed by atoms with Crippen LogP contribution in [0.25, 0.3) is 10.2 Å². The Morgan fingerprint density at radius 2 is 1.85 bits per heavy atom. The molecule has 1 aliphatic heterocycles. The second-order valence-corrected chi connectivity index (χ2v) is 8.52. The standard InChI is InChI=1S/C22H19N5O5S/c1-2-10-25-18-9-7-16(26(29)30)14-20(18)33-22(25)23-21(28)15-6-8-17(19(13-15)27(31)32)24-11-4-3-5-12-24/h1,6-9,13-14H,3-5,10-12H2. The molecule has 1 saturated heterocycles. The number of aromatic nitrogens is 1. The Labute approximate surface area is 192 Å². The topological polar surface area (TPSA) is 124 Å². The molecule has 0 atom stereocenters. The number of nitrogens with zero attached hydrogens (tertiary/aromatic N) is 5. The number of thiazole rings is 1. The molecule has 0 bridgehead atoms. The lowest BCUT2D eigenvalue weighted by atomic mass is 10.1. The highest BCUT2D eigenvalue weighted by Crippen LogP contribution is 2.31. The average Bonchev–Trinajstić information content (AvgIpc) is 3.15. The number of amides is 1. The largest absolute Gasteiger partial charge is 0.366 e. The normalized spacial score (nSPS) is 14.3. The molecular formula is C22H19N5O5S. The van der Waals surface area contributed by atoms with E-state index in [0.29, 0.717) is 15.9 Å². The minimum atomic E-state index is -0.657. The lowest BCUT2D eigenvalue weighted by Gasteiger charge is -2.28. The van der Waals surface area contributed by atoms with Crippen LogP contribution >= 0.6 is 11.3 Å². The van der Waals surface area contributed by atoms with Crippen LogP contribution < -0.4 is 9.70 Å². The molecule has 0 radical (unpaired) electrons. The number of non-ortho nitro benzene ring substituents is 1. The number of carbonyl (C=O) groups excluding carboxylic acids is 1. The first-order chi connectivity index (χ1) is 15.9. The van der Waals surface area contributed by atoms with Gasteiger partial charge in [-0.3, -0.25) is 25.0 Å². The van der Waals surface area contributed by atoms with E-state index in [1.165, 1.54) is 24.3 Å². The molecule has 1 aliphatic rings. The zero-order valence-electron chi connectivity index (χ0n) is 17.5. The molecule has 10 nitrogen and oxygen atoms in total. The van der Waals surface area contributed by atoms with E-state index in [1.54, 1.807) is 16.7 Å². The maximum atomic E-state index is 12.9. The summed E-state index contributed by atoms with van der Waals surface area (Å²) in [6.07, 6.45) is 8.48. The summed E-state index contributed by atoms with van der Waals surface area (Å²) in [5.41, 5.74) is 0.965. The number of fused-ring (bicyclic) bond motifs is 1. The van der Waals surface area contributed by atoms with Gasteiger partial charge >= 0.3 is 0 Å². The third-order valence-corrected chi connectivity index (χ3v) is 6.48. The minimum absolute atomic E-state index is 0.0816. The van der Waals surface area contributed by atoms with Gasteiger partial charge in [0, 0.05) is 36.9 Å². The number of anilines is 1. The van der Waals surface area contributed by atoms with Crippen molar-refractivity contribution in [2.45, 2.75) is 25.8 Å². The number of nitro benzene ring substituents is 2. The van der Waals surface area contributed by atoms with Crippen LogP contribution in [-0.2, 0) is 6.54 Å². The van der Waals surface area contributed by atoms with E-state index in [9.17, 15) is 25.0 Å². The Morgan fingerprint density at radius 3 is 2.52 bits per heavy atom. The van der Waals surface area contributed by atoms with Crippen molar-refractivity contribution in [2.75, 3.05) is 18.0 Å². The number of rotatable bonds is 5. The van der Waals surface area contributed by atoms with Gasteiger partial charge in [-0.05, 0) is 37.5 Å². The lowest BCUT2D eigenvalue weighted by Crippen LogP contribution is -2.30. The van der Waals surface area contributed by atoms with Crippen LogP contribution in [0.1, 0.15) is 29.6 Å². The Balaban J connectivity index is 1.76. The van der Waals surface area contributed by atoms with Crippen LogP contribution in [0.3, 0.4) is 0 Å². The van der Waals surface area contributed by atoms with E-state index < -0.39 is 15.8 Å². The van der Waals surface area contributed by atoms with Gasteiger partial charge < -0.3 is 9.47 Å². The molecule has 2 heterocycles. The molecule has 4 rings (SSSR count). The zero-order valence-corrected chi connectivity index (χ0v) is 18.3. The number of hydrogen-bond acceptors (Lipinski definition) is 7. The summed E-state index contributed by atoms with van der Waals surface area (Å²) >= 11 is 1.09.